The zero-order valence-electron chi connectivity index (χ0n) is 25.3. The molecule has 0 aliphatic heterocycles. The van der Waals surface area contributed by atoms with Gasteiger partial charge in [-0.15, -0.1) is 0 Å². The van der Waals surface area contributed by atoms with Crippen LogP contribution >= 0.6 is 0 Å². The minimum atomic E-state index is 1.22. The van der Waals surface area contributed by atoms with Crippen LogP contribution in [0.1, 0.15) is 187 Å². The first kappa shape index (κ1) is 33.2. The SMILES string of the molecule is CCCCCCCCCCCCCCCCc1n(CCCCCCC)cc[n+]1CCCCCCCC. The summed E-state index contributed by atoms with van der Waals surface area (Å²) in [6.07, 6.45) is 41.5. The summed E-state index contributed by atoms with van der Waals surface area (Å²) in [5, 5.41) is 0. The molecule has 0 saturated carbocycles. The molecule has 0 aliphatic rings. The number of unbranched alkanes of at least 4 members (excludes halogenated alkanes) is 22. The molecule has 0 bridgehead atoms. The second-order valence-corrected chi connectivity index (χ2v) is 11.6. The molecule has 0 amide bonds. The normalized spacial score (nSPS) is 11.5. The Morgan fingerprint density at radius 1 is 0.472 bits per heavy atom. The van der Waals surface area contributed by atoms with Crippen LogP contribution in [0.15, 0.2) is 12.4 Å². The fourth-order valence-electron chi connectivity index (χ4n) is 5.62. The van der Waals surface area contributed by atoms with Crippen LogP contribution in [-0.2, 0) is 19.5 Å². The summed E-state index contributed by atoms with van der Waals surface area (Å²) in [7, 11) is 0. The maximum atomic E-state index is 2.61. The average Bonchev–Trinajstić information content (AvgIpc) is 3.27. The van der Waals surface area contributed by atoms with E-state index >= 15 is 0 Å². The van der Waals surface area contributed by atoms with Gasteiger partial charge in [-0.25, -0.2) is 9.13 Å². The fourth-order valence-corrected chi connectivity index (χ4v) is 5.62. The summed E-state index contributed by atoms with van der Waals surface area (Å²) in [4.78, 5) is 0. The number of nitrogens with zero attached hydrogens (tertiary/aromatic N) is 2. The Morgan fingerprint density at radius 3 is 1.33 bits per heavy atom. The summed E-state index contributed by atoms with van der Waals surface area (Å²) in [6.45, 7) is 9.38. The van der Waals surface area contributed by atoms with Crippen molar-refractivity contribution in [2.75, 3.05) is 0 Å². The van der Waals surface area contributed by atoms with Crippen LogP contribution < -0.4 is 4.57 Å². The Hall–Kier alpha value is -0.790. The molecule has 0 radical (unpaired) electrons. The molecule has 0 saturated heterocycles. The Labute approximate surface area is 228 Å². The number of aryl methyl sites for hydroxylation is 2. The standard InChI is InChI=1S/C34H67N2/c1-4-7-10-13-15-16-17-18-19-20-21-22-23-26-29-34-35(30-27-24-12-9-6-3)32-33-36(34)31-28-25-14-11-8-5-2/h32-33H,4-31H2,1-3H3/q+1. The Bertz CT molecular complexity index is 562. The van der Waals surface area contributed by atoms with Crippen LogP contribution in [0.5, 0.6) is 0 Å². The number of hydrogen-bond acceptors (Lipinski definition) is 0. The molecule has 212 valence electrons. The van der Waals surface area contributed by atoms with E-state index in [1.807, 2.05) is 0 Å². The molecule has 1 aromatic rings. The lowest BCUT2D eigenvalue weighted by molar-refractivity contribution is -0.704. The minimum Gasteiger partial charge on any atom is -0.234 e. The summed E-state index contributed by atoms with van der Waals surface area (Å²) < 4.78 is 5.21. The smallest absolute Gasteiger partial charge is 0.234 e. The largest absolute Gasteiger partial charge is 0.256 e. The van der Waals surface area contributed by atoms with Gasteiger partial charge in [0.15, 0.2) is 0 Å². The van der Waals surface area contributed by atoms with Crippen molar-refractivity contribution in [2.24, 2.45) is 0 Å². The van der Waals surface area contributed by atoms with Crippen LogP contribution in [0.2, 0.25) is 0 Å². The predicted octanol–water partition coefficient (Wildman–Crippen LogP) is 11.1. The van der Waals surface area contributed by atoms with Crippen molar-refractivity contribution in [2.45, 2.75) is 201 Å². The molecule has 0 spiro atoms. The molecule has 36 heavy (non-hydrogen) atoms. The van der Waals surface area contributed by atoms with E-state index in [0.717, 1.165) is 0 Å². The monoisotopic (exact) mass is 504 g/mol. The number of hydrogen-bond donors (Lipinski definition) is 0. The van der Waals surface area contributed by atoms with Gasteiger partial charge in [0.05, 0.1) is 13.1 Å². The van der Waals surface area contributed by atoms with Gasteiger partial charge in [-0.1, -0.05) is 149 Å². The van der Waals surface area contributed by atoms with E-state index in [9.17, 15) is 0 Å². The summed E-state index contributed by atoms with van der Waals surface area (Å²) in [5.41, 5.74) is 0. The first-order valence-corrected chi connectivity index (χ1v) is 16.9. The maximum Gasteiger partial charge on any atom is 0.256 e. The lowest BCUT2D eigenvalue weighted by atomic mass is 10.0. The van der Waals surface area contributed by atoms with E-state index in [4.69, 9.17) is 0 Å². The highest BCUT2D eigenvalue weighted by Gasteiger charge is 2.16. The molecular weight excluding hydrogens is 436 g/mol. The van der Waals surface area contributed by atoms with Gasteiger partial charge >= 0.3 is 0 Å². The maximum absolute atomic E-state index is 2.61. The summed E-state index contributed by atoms with van der Waals surface area (Å²) in [5.74, 6) is 1.61. The quantitative estimate of drug-likeness (QED) is 0.0794. The van der Waals surface area contributed by atoms with E-state index in [0.29, 0.717) is 0 Å². The fraction of sp³-hybridized carbons (Fsp3) is 0.912. The highest BCUT2D eigenvalue weighted by Crippen LogP contribution is 2.14. The van der Waals surface area contributed by atoms with Crippen molar-refractivity contribution in [3.63, 3.8) is 0 Å². The van der Waals surface area contributed by atoms with Crippen molar-refractivity contribution in [1.82, 2.24) is 4.57 Å². The zero-order chi connectivity index (χ0) is 25.9. The summed E-state index contributed by atoms with van der Waals surface area (Å²) in [6, 6.07) is 0. The molecule has 2 heteroatoms. The first-order valence-electron chi connectivity index (χ1n) is 16.9. The lowest BCUT2D eigenvalue weighted by Gasteiger charge is -2.07. The Morgan fingerprint density at radius 2 is 0.861 bits per heavy atom. The molecule has 0 unspecified atom stereocenters. The van der Waals surface area contributed by atoms with Gasteiger partial charge in [-0.3, -0.25) is 0 Å². The van der Waals surface area contributed by atoms with Gasteiger partial charge in [0.2, 0.25) is 0 Å². The highest BCUT2D eigenvalue weighted by molar-refractivity contribution is 4.84. The third-order valence-corrected chi connectivity index (χ3v) is 8.10. The van der Waals surface area contributed by atoms with Gasteiger partial charge in [0.25, 0.3) is 5.82 Å². The third kappa shape index (κ3) is 18.5. The average molecular weight is 504 g/mol. The Balaban J connectivity index is 2.23. The van der Waals surface area contributed by atoms with Gasteiger partial charge < -0.3 is 0 Å². The van der Waals surface area contributed by atoms with E-state index in [-0.39, 0.29) is 0 Å². The van der Waals surface area contributed by atoms with Gasteiger partial charge in [-0.2, -0.15) is 0 Å². The van der Waals surface area contributed by atoms with Crippen LogP contribution in [0.3, 0.4) is 0 Å². The third-order valence-electron chi connectivity index (χ3n) is 8.10. The molecule has 1 rings (SSSR count). The zero-order valence-corrected chi connectivity index (χ0v) is 25.3. The van der Waals surface area contributed by atoms with Crippen LogP contribution in [0, 0.1) is 0 Å². The van der Waals surface area contributed by atoms with Crippen molar-refractivity contribution in [3.8, 4) is 0 Å². The second kappa shape index (κ2) is 25.8. The predicted molar refractivity (Wildman–Crippen MR) is 161 cm³/mol. The molecule has 1 heterocycles. The van der Waals surface area contributed by atoms with Gasteiger partial charge in [-0.05, 0) is 32.1 Å². The molecule has 0 N–H and O–H groups in total. The van der Waals surface area contributed by atoms with Crippen molar-refractivity contribution in [1.29, 1.82) is 0 Å². The number of aromatic nitrogens is 2. The molecule has 2 nitrogen and oxygen atoms in total. The van der Waals surface area contributed by atoms with Crippen molar-refractivity contribution < 1.29 is 4.57 Å². The second-order valence-electron chi connectivity index (χ2n) is 11.6. The van der Waals surface area contributed by atoms with E-state index < -0.39 is 0 Å². The number of rotatable bonds is 28. The minimum absolute atomic E-state index is 1.22. The highest BCUT2D eigenvalue weighted by atomic mass is 15.1. The molecular formula is C34H67N2+. The first-order chi connectivity index (χ1) is 17.8. The number of imidazole rings is 1. The molecule has 1 aromatic heterocycles. The van der Waals surface area contributed by atoms with Crippen LogP contribution in [0.25, 0.3) is 0 Å². The molecule has 0 atom stereocenters. The molecule has 0 aromatic carbocycles. The van der Waals surface area contributed by atoms with E-state index in [1.54, 1.807) is 5.82 Å². The van der Waals surface area contributed by atoms with Gasteiger partial charge in [0.1, 0.15) is 12.4 Å². The molecule has 0 aliphatic carbocycles. The lowest BCUT2D eigenvalue weighted by Crippen LogP contribution is -2.37. The van der Waals surface area contributed by atoms with Gasteiger partial charge in [0, 0.05) is 6.42 Å². The van der Waals surface area contributed by atoms with Crippen molar-refractivity contribution >= 4 is 0 Å². The molecule has 0 fully saturated rings. The summed E-state index contributed by atoms with van der Waals surface area (Å²) >= 11 is 0. The van der Waals surface area contributed by atoms with E-state index in [1.165, 1.54) is 180 Å². The topological polar surface area (TPSA) is 8.81 Å². The van der Waals surface area contributed by atoms with Crippen LogP contribution in [-0.4, -0.2) is 4.57 Å². The van der Waals surface area contributed by atoms with Crippen LogP contribution in [0.4, 0.5) is 0 Å². The Kier molecular flexibility index (Phi) is 23.9. The van der Waals surface area contributed by atoms with E-state index in [2.05, 4.69) is 42.3 Å². The van der Waals surface area contributed by atoms with Crippen molar-refractivity contribution in [3.05, 3.63) is 18.2 Å².